The van der Waals surface area contributed by atoms with Gasteiger partial charge in [0.05, 0.1) is 0 Å². The van der Waals surface area contributed by atoms with E-state index in [9.17, 15) is 0 Å². The topological polar surface area (TPSA) is 29.3 Å². The summed E-state index contributed by atoms with van der Waals surface area (Å²) >= 11 is 0. The van der Waals surface area contributed by atoms with Crippen LogP contribution in [0.25, 0.3) is 0 Å². The minimum Gasteiger partial charge on any atom is -0.329 e. The second-order valence-electron chi connectivity index (χ2n) is 4.50. The summed E-state index contributed by atoms with van der Waals surface area (Å²) < 4.78 is 0. The molecule has 0 amide bonds. The monoisotopic (exact) mass is 198 g/mol. The number of likely N-dealkylation sites (tertiary alicyclic amines) is 1. The fourth-order valence-corrected chi connectivity index (χ4v) is 2.67. The number of unbranched alkanes of at least 4 members (excludes halogenated alkanes) is 1. The van der Waals surface area contributed by atoms with Gasteiger partial charge < -0.3 is 5.73 Å². The largest absolute Gasteiger partial charge is 0.329 e. The Hall–Kier alpha value is -0.0800. The summed E-state index contributed by atoms with van der Waals surface area (Å²) in [4.78, 5) is 2.63. The van der Waals surface area contributed by atoms with Crippen LogP contribution in [0.5, 0.6) is 0 Å². The zero-order valence-electron chi connectivity index (χ0n) is 9.84. The van der Waals surface area contributed by atoms with Crippen LogP contribution in [-0.4, -0.2) is 30.6 Å². The standard InChI is InChI=1S/C12H26N2/c1-3-5-8-14-9-6-7-11(4-2)12(14)10-13/h11-12H,3-10,13H2,1-2H3. The summed E-state index contributed by atoms with van der Waals surface area (Å²) in [6.07, 6.45) is 6.68. The maximum absolute atomic E-state index is 5.89. The van der Waals surface area contributed by atoms with Crippen LogP contribution < -0.4 is 5.73 Å². The average molecular weight is 198 g/mol. The Morgan fingerprint density at radius 3 is 2.71 bits per heavy atom. The highest BCUT2D eigenvalue weighted by Gasteiger charge is 2.28. The third-order valence-corrected chi connectivity index (χ3v) is 3.60. The molecule has 0 aromatic heterocycles. The summed E-state index contributed by atoms with van der Waals surface area (Å²) in [5.41, 5.74) is 5.89. The van der Waals surface area contributed by atoms with E-state index < -0.39 is 0 Å². The Kier molecular flexibility index (Phi) is 5.49. The Balaban J connectivity index is 2.45. The molecule has 2 atom stereocenters. The van der Waals surface area contributed by atoms with Crippen LogP contribution in [0.4, 0.5) is 0 Å². The molecule has 0 aromatic rings. The molecule has 0 radical (unpaired) electrons. The lowest BCUT2D eigenvalue weighted by Gasteiger charge is -2.40. The first kappa shape index (κ1) is 12.0. The van der Waals surface area contributed by atoms with Crippen LogP contribution in [0.3, 0.4) is 0 Å². The predicted molar refractivity (Wildman–Crippen MR) is 62.3 cm³/mol. The number of nitrogens with two attached hydrogens (primary N) is 1. The molecular weight excluding hydrogens is 172 g/mol. The van der Waals surface area contributed by atoms with E-state index in [0.29, 0.717) is 6.04 Å². The van der Waals surface area contributed by atoms with Crippen molar-refractivity contribution in [3.63, 3.8) is 0 Å². The molecule has 2 nitrogen and oxygen atoms in total. The Bertz CT molecular complexity index is 147. The molecule has 14 heavy (non-hydrogen) atoms. The lowest BCUT2D eigenvalue weighted by Crippen LogP contribution is -2.49. The van der Waals surface area contributed by atoms with E-state index in [1.54, 1.807) is 0 Å². The van der Waals surface area contributed by atoms with Gasteiger partial charge in [-0.2, -0.15) is 0 Å². The second-order valence-corrected chi connectivity index (χ2v) is 4.50. The van der Waals surface area contributed by atoms with Crippen LogP contribution >= 0.6 is 0 Å². The molecule has 1 saturated heterocycles. The summed E-state index contributed by atoms with van der Waals surface area (Å²) in [5, 5.41) is 0. The molecule has 0 aliphatic carbocycles. The molecule has 2 heteroatoms. The van der Waals surface area contributed by atoms with Crippen LogP contribution in [0.15, 0.2) is 0 Å². The predicted octanol–water partition coefficient (Wildman–Crippen LogP) is 2.24. The van der Waals surface area contributed by atoms with Gasteiger partial charge in [-0.05, 0) is 38.3 Å². The van der Waals surface area contributed by atoms with Crippen molar-refractivity contribution >= 4 is 0 Å². The Morgan fingerprint density at radius 2 is 2.14 bits per heavy atom. The van der Waals surface area contributed by atoms with E-state index in [2.05, 4.69) is 18.7 Å². The molecule has 84 valence electrons. The number of hydrogen-bond donors (Lipinski definition) is 1. The number of piperidine rings is 1. The van der Waals surface area contributed by atoms with Crippen LogP contribution in [0, 0.1) is 5.92 Å². The molecule has 0 bridgehead atoms. The number of nitrogens with zero attached hydrogens (tertiary/aromatic N) is 1. The fourth-order valence-electron chi connectivity index (χ4n) is 2.67. The molecular formula is C12H26N2. The van der Waals surface area contributed by atoms with Gasteiger partial charge in [0, 0.05) is 12.6 Å². The number of hydrogen-bond acceptors (Lipinski definition) is 2. The quantitative estimate of drug-likeness (QED) is 0.734. The molecule has 0 spiro atoms. The maximum atomic E-state index is 5.89. The summed E-state index contributed by atoms with van der Waals surface area (Å²) in [6.45, 7) is 7.95. The first-order valence-corrected chi connectivity index (χ1v) is 6.27. The van der Waals surface area contributed by atoms with Crippen LogP contribution in [0.1, 0.15) is 46.0 Å². The van der Waals surface area contributed by atoms with Crippen molar-refractivity contribution in [2.75, 3.05) is 19.6 Å². The van der Waals surface area contributed by atoms with Gasteiger partial charge in [0.2, 0.25) is 0 Å². The molecule has 1 heterocycles. The van der Waals surface area contributed by atoms with E-state index in [4.69, 9.17) is 5.73 Å². The Labute approximate surface area is 88.8 Å². The summed E-state index contributed by atoms with van der Waals surface area (Å²) in [5.74, 6) is 0.852. The third kappa shape index (κ3) is 2.96. The van der Waals surface area contributed by atoms with Gasteiger partial charge in [0.15, 0.2) is 0 Å². The van der Waals surface area contributed by atoms with Crippen molar-refractivity contribution in [2.45, 2.75) is 52.0 Å². The van der Waals surface area contributed by atoms with Crippen molar-refractivity contribution in [2.24, 2.45) is 11.7 Å². The van der Waals surface area contributed by atoms with Crippen molar-refractivity contribution in [1.82, 2.24) is 4.90 Å². The highest BCUT2D eigenvalue weighted by atomic mass is 15.2. The van der Waals surface area contributed by atoms with E-state index in [-0.39, 0.29) is 0 Å². The summed E-state index contributed by atoms with van der Waals surface area (Å²) in [6, 6.07) is 0.667. The molecule has 0 aromatic carbocycles. The van der Waals surface area contributed by atoms with E-state index in [1.807, 2.05) is 0 Å². The maximum Gasteiger partial charge on any atom is 0.0246 e. The first-order valence-electron chi connectivity index (χ1n) is 6.27. The number of rotatable bonds is 5. The van der Waals surface area contributed by atoms with Gasteiger partial charge >= 0.3 is 0 Å². The van der Waals surface area contributed by atoms with Crippen molar-refractivity contribution < 1.29 is 0 Å². The van der Waals surface area contributed by atoms with Crippen molar-refractivity contribution in [3.05, 3.63) is 0 Å². The molecule has 1 aliphatic rings. The van der Waals surface area contributed by atoms with Gasteiger partial charge in [-0.25, -0.2) is 0 Å². The SMILES string of the molecule is CCCCN1CCCC(CC)C1CN. The summed E-state index contributed by atoms with van der Waals surface area (Å²) in [7, 11) is 0. The van der Waals surface area contributed by atoms with Crippen molar-refractivity contribution in [1.29, 1.82) is 0 Å². The van der Waals surface area contributed by atoms with Gasteiger partial charge in [-0.15, -0.1) is 0 Å². The van der Waals surface area contributed by atoms with Crippen LogP contribution in [-0.2, 0) is 0 Å². The lowest BCUT2D eigenvalue weighted by molar-refractivity contribution is 0.0940. The third-order valence-electron chi connectivity index (χ3n) is 3.60. The molecule has 2 N–H and O–H groups in total. The average Bonchev–Trinajstić information content (AvgIpc) is 2.25. The van der Waals surface area contributed by atoms with Gasteiger partial charge in [0.25, 0.3) is 0 Å². The first-order chi connectivity index (χ1) is 6.83. The Morgan fingerprint density at radius 1 is 1.36 bits per heavy atom. The highest BCUT2D eigenvalue weighted by Crippen LogP contribution is 2.25. The molecule has 2 unspecified atom stereocenters. The zero-order valence-corrected chi connectivity index (χ0v) is 9.84. The van der Waals surface area contributed by atoms with Crippen molar-refractivity contribution in [3.8, 4) is 0 Å². The molecule has 1 fully saturated rings. The molecule has 0 saturated carbocycles. The minimum absolute atomic E-state index is 0.667. The van der Waals surface area contributed by atoms with Gasteiger partial charge in [-0.1, -0.05) is 26.7 Å². The van der Waals surface area contributed by atoms with Crippen LogP contribution in [0.2, 0.25) is 0 Å². The zero-order chi connectivity index (χ0) is 10.4. The van der Waals surface area contributed by atoms with E-state index in [1.165, 1.54) is 45.2 Å². The minimum atomic E-state index is 0.667. The normalized spacial score (nSPS) is 29.4. The van der Waals surface area contributed by atoms with Gasteiger partial charge in [-0.3, -0.25) is 4.90 Å². The fraction of sp³-hybridized carbons (Fsp3) is 1.00. The van der Waals surface area contributed by atoms with Gasteiger partial charge in [0.1, 0.15) is 0 Å². The van der Waals surface area contributed by atoms with E-state index >= 15 is 0 Å². The second kappa shape index (κ2) is 6.41. The molecule has 1 rings (SSSR count). The smallest absolute Gasteiger partial charge is 0.0246 e. The van der Waals surface area contributed by atoms with E-state index in [0.717, 1.165) is 12.5 Å². The highest BCUT2D eigenvalue weighted by molar-refractivity contribution is 4.84. The molecule has 1 aliphatic heterocycles. The lowest BCUT2D eigenvalue weighted by atomic mass is 9.87.